The van der Waals surface area contributed by atoms with Gasteiger partial charge in [0.25, 0.3) is 0 Å². The predicted octanol–water partition coefficient (Wildman–Crippen LogP) is 0.296. The fraction of sp³-hybridized carbons (Fsp3) is 0. The van der Waals surface area contributed by atoms with E-state index in [4.69, 9.17) is 0 Å². The van der Waals surface area contributed by atoms with Crippen molar-refractivity contribution in [2.24, 2.45) is 0 Å². The molecule has 0 bridgehead atoms. The van der Waals surface area contributed by atoms with Gasteiger partial charge in [-0.1, -0.05) is 9.95 Å². The van der Waals surface area contributed by atoms with Gasteiger partial charge in [0, 0.05) is 0 Å². The maximum Gasteiger partial charge on any atom is 0.501 e. The van der Waals surface area contributed by atoms with Gasteiger partial charge in [-0.05, 0) is 12.1 Å². The molecule has 2 rings (SSSR count). The van der Waals surface area contributed by atoms with E-state index in [1.165, 1.54) is 12.1 Å². The van der Waals surface area contributed by atoms with Gasteiger partial charge in [0.2, 0.25) is 5.75 Å². The van der Waals surface area contributed by atoms with E-state index >= 15 is 0 Å². The summed E-state index contributed by atoms with van der Waals surface area (Å²) in [6.07, 6.45) is 0. The summed E-state index contributed by atoms with van der Waals surface area (Å²) in [5, 5.41) is 0. The Morgan fingerprint density at radius 1 is 1.25 bits per heavy atom. The largest absolute Gasteiger partial charge is 0.501 e. The second-order valence-corrected chi connectivity index (χ2v) is 4.74. The molecule has 1 aliphatic heterocycles. The van der Waals surface area contributed by atoms with E-state index in [1.54, 1.807) is 0 Å². The minimum absolute atomic E-state index is 0.277. The molecule has 0 saturated carbocycles. The Balaban J connectivity index is 2.49. The van der Waals surface area contributed by atoms with Gasteiger partial charge < -0.3 is 12.5 Å². The lowest BCUT2D eigenvalue weighted by Gasteiger charge is -2.01. The Hall–Kier alpha value is -1.55. The number of hydrogen-bond donors (Lipinski definition) is 0. The molecule has 0 saturated heterocycles. The molecule has 88 valence electrons. The van der Waals surface area contributed by atoms with E-state index in [0.29, 0.717) is 0 Å². The van der Waals surface area contributed by atoms with E-state index in [1.807, 2.05) is 0 Å². The zero-order valence-electron chi connectivity index (χ0n) is 7.28. The molecular weight excluding hydrogens is 267 g/mol. The monoisotopic (exact) mass is 270 g/mol. The highest BCUT2D eigenvalue weighted by atomic mass is 32.3. The molecule has 10 heteroatoms. The fourth-order valence-corrected chi connectivity index (χ4v) is 2.14. The summed E-state index contributed by atoms with van der Waals surface area (Å²) >= 11 is 0. The van der Waals surface area contributed by atoms with Crippen LogP contribution in [0.5, 0.6) is 17.2 Å². The Kier molecular flexibility index (Phi) is 2.20. The maximum atomic E-state index is 12.2. The summed E-state index contributed by atoms with van der Waals surface area (Å²) in [7, 11) is -9.55. The summed E-state index contributed by atoms with van der Waals surface area (Å²) in [6.45, 7) is 0. The molecule has 0 radical (unpaired) electrons. The zero-order valence-corrected chi connectivity index (χ0v) is 8.92. The normalized spacial score (nSPS) is 17.1. The summed E-state index contributed by atoms with van der Waals surface area (Å²) in [5.74, 6) is -1.40. The molecule has 0 aromatic heterocycles. The first kappa shape index (κ1) is 11.0. The van der Waals surface area contributed by atoms with Gasteiger partial charge in [-0.2, -0.15) is 8.42 Å². The lowest BCUT2D eigenvalue weighted by atomic mass is 10.3. The third-order valence-electron chi connectivity index (χ3n) is 1.51. The molecule has 16 heavy (non-hydrogen) atoms. The topological polar surface area (TPSA) is 96.0 Å². The quantitative estimate of drug-likeness (QED) is 0.713. The van der Waals surface area contributed by atoms with Crippen LogP contribution in [0, 0.1) is 0 Å². The van der Waals surface area contributed by atoms with Crippen LogP contribution in [0.4, 0.5) is 3.89 Å². The van der Waals surface area contributed by atoms with Gasteiger partial charge in [0.15, 0.2) is 11.5 Å². The number of halogens is 1. The third kappa shape index (κ3) is 2.17. The fourth-order valence-electron chi connectivity index (χ4n) is 1.05. The smallest absolute Gasteiger partial charge is 0.354 e. The highest BCUT2D eigenvalue weighted by molar-refractivity contribution is 7.83. The number of hydrogen-bond acceptors (Lipinski definition) is 7. The lowest BCUT2D eigenvalue weighted by Crippen LogP contribution is -2.08. The third-order valence-corrected chi connectivity index (χ3v) is 2.64. The Morgan fingerprint density at radius 2 is 1.94 bits per heavy atom. The highest BCUT2D eigenvalue weighted by Crippen LogP contribution is 2.43. The van der Waals surface area contributed by atoms with Crippen molar-refractivity contribution in [3.63, 3.8) is 0 Å². The summed E-state index contributed by atoms with van der Waals surface area (Å²) in [4.78, 5) is 0. The van der Waals surface area contributed by atoms with Crippen LogP contribution < -0.4 is 12.5 Å². The lowest BCUT2D eigenvalue weighted by molar-refractivity contribution is 0.416. The first-order valence-electron chi connectivity index (χ1n) is 3.68. The molecule has 0 N–H and O–H groups in total. The van der Waals surface area contributed by atoms with Crippen molar-refractivity contribution in [3.8, 4) is 17.2 Å². The number of fused-ring (bicyclic) bond motifs is 1. The van der Waals surface area contributed by atoms with Crippen molar-refractivity contribution in [2.75, 3.05) is 0 Å². The second kappa shape index (κ2) is 3.22. The standard InChI is InChI=1S/C6H3FO7S2/c7-15(8,9)12-4-2-1-3-5-6(4)14-16(10,11)13-5/h1-3H. The number of para-hydroxylation sites is 1. The molecule has 0 amide bonds. The minimum atomic E-state index is -5.27. The van der Waals surface area contributed by atoms with Crippen molar-refractivity contribution >= 4 is 20.9 Å². The Labute approximate surface area is 90.1 Å². The minimum Gasteiger partial charge on any atom is -0.354 e. The van der Waals surface area contributed by atoms with E-state index in [-0.39, 0.29) is 5.75 Å². The molecule has 1 heterocycles. The van der Waals surface area contributed by atoms with Crippen LogP contribution in [0.2, 0.25) is 0 Å². The van der Waals surface area contributed by atoms with E-state index < -0.39 is 32.4 Å². The summed E-state index contributed by atoms with van der Waals surface area (Å²) in [6, 6.07) is 3.42. The number of benzene rings is 1. The molecule has 1 aromatic carbocycles. The average Bonchev–Trinajstić information content (AvgIpc) is 2.37. The average molecular weight is 270 g/mol. The summed E-state index contributed by atoms with van der Waals surface area (Å²) in [5.41, 5.74) is 0. The molecule has 0 spiro atoms. The van der Waals surface area contributed by atoms with Gasteiger partial charge >= 0.3 is 20.9 Å². The van der Waals surface area contributed by atoms with Gasteiger partial charge in [-0.25, -0.2) is 0 Å². The van der Waals surface area contributed by atoms with Crippen molar-refractivity contribution in [2.45, 2.75) is 0 Å². The summed E-state index contributed by atoms with van der Waals surface area (Å²) < 4.78 is 66.9. The molecule has 0 unspecified atom stereocenters. The molecule has 0 atom stereocenters. The second-order valence-electron chi connectivity index (χ2n) is 2.63. The molecule has 1 aromatic rings. The Bertz CT molecular complexity index is 633. The molecule has 7 nitrogen and oxygen atoms in total. The number of rotatable bonds is 2. The molecular formula is C6H3FO7S2. The first-order chi connectivity index (χ1) is 7.27. The Morgan fingerprint density at radius 3 is 2.56 bits per heavy atom. The van der Waals surface area contributed by atoms with Crippen LogP contribution in [-0.2, 0) is 20.9 Å². The predicted molar refractivity (Wildman–Crippen MR) is 47.3 cm³/mol. The van der Waals surface area contributed by atoms with E-state index in [9.17, 15) is 20.7 Å². The van der Waals surface area contributed by atoms with Crippen LogP contribution >= 0.6 is 0 Å². The van der Waals surface area contributed by atoms with Crippen molar-refractivity contribution < 1.29 is 33.3 Å². The van der Waals surface area contributed by atoms with E-state index in [2.05, 4.69) is 12.5 Å². The SMILES string of the molecule is O=S(=O)(F)Oc1cccc2c1OS(=O)(=O)O2. The van der Waals surface area contributed by atoms with Gasteiger partial charge in [0.05, 0.1) is 0 Å². The van der Waals surface area contributed by atoms with Gasteiger partial charge in [-0.3, -0.25) is 0 Å². The first-order valence-corrected chi connectivity index (χ1v) is 6.32. The van der Waals surface area contributed by atoms with E-state index in [0.717, 1.165) is 6.07 Å². The van der Waals surface area contributed by atoms with Crippen LogP contribution in [-0.4, -0.2) is 16.8 Å². The highest BCUT2D eigenvalue weighted by Gasteiger charge is 2.33. The van der Waals surface area contributed by atoms with Crippen LogP contribution in [0.15, 0.2) is 18.2 Å². The molecule has 0 aliphatic carbocycles. The van der Waals surface area contributed by atoms with Gasteiger partial charge in [-0.15, -0.1) is 8.42 Å². The van der Waals surface area contributed by atoms with Gasteiger partial charge in [0.1, 0.15) is 0 Å². The maximum absolute atomic E-state index is 12.2. The zero-order chi connectivity index (χ0) is 12.0. The van der Waals surface area contributed by atoms with Crippen LogP contribution in [0.3, 0.4) is 0 Å². The van der Waals surface area contributed by atoms with Crippen molar-refractivity contribution in [1.29, 1.82) is 0 Å². The molecule has 1 aliphatic rings. The van der Waals surface area contributed by atoms with Crippen molar-refractivity contribution in [3.05, 3.63) is 18.2 Å². The molecule has 0 fully saturated rings. The van der Waals surface area contributed by atoms with Crippen LogP contribution in [0.1, 0.15) is 0 Å². The van der Waals surface area contributed by atoms with Crippen molar-refractivity contribution in [1.82, 2.24) is 0 Å². The van der Waals surface area contributed by atoms with Crippen LogP contribution in [0.25, 0.3) is 0 Å².